The third-order valence-electron chi connectivity index (χ3n) is 5.11. The molecule has 1 fully saturated rings. The van der Waals surface area contributed by atoms with Gasteiger partial charge in [-0.1, -0.05) is 36.4 Å². The molecule has 1 saturated heterocycles. The number of anilines is 1. The Kier molecular flexibility index (Phi) is 6.63. The average molecular weight is 380 g/mol. The summed E-state index contributed by atoms with van der Waals surface area (Å²) in [6, 6.07) is 15.7. The molecule has 1 aromatic carbocycles. The molecule has 1 aliphatic heterocycles. The Morgan fingerprint density at radius 3 is 2.46 bits per heavy atom. The molecule has 0 spiro atoms. The maximum atomic E-state index is 12.5. The van der Waals surface area contributed by atoms with Gasteiger partial charge in [0.25, 0.3) is 5.91 Å². The van der Waals surface area contributed by atoms with Crippen molar-refractivity contribution < 1.29 is 9.59 Å². The first-order valence-corrected chi connectivity index (χ1v) is 9.80. The topological polar surface area (TPSA) is 65.5 Å². The first-order valence-electron chi connectivity index (χ1n) is 9.80. The second-order valence-corrected chi connectivity index (χ2v) is 7.37. The minimum atomic E-state index is -0.102. The van der Waals surface area contributed by atoms with Crippen molar-refractivity contribution in [1.29, 1.82) is 0 Å². The molecule has 0 bridgehead atoms. The van der Waals surface area contributed by atoms with Crippen LogP contribution in [0.2, 0.25) is 0 Å². The van der Waals surface area contributed by atoms with E-state index in [1.165, 1.54) is 10.5 Å². The molecule has 2 amide bonds. The number of carbonyl (C=O) groups excluding carboxylic acids is 2. The molecule has 2 heterocycles. The van der Waals surface area contributed by atoms with Gasteiger partial charge in [-0.05, 0) is 37.0 Å². The lowest BCUT2D eigenvalue weighted by molar-refractivity contribution is -0.125. The Bertz CT molecular complexity index is 799. The van der Waals surface area contributed by atoms with Gasteiger partial charge in [0, 0.05) is 39.6 Å². The van der Waals surface area contributed by atoms with E-state index in [1.54, 1.807) is 20.2 Å². The molecule has 1 aliphatic rings. The van der Waals surface area contributed by atoms with Crippen LogP contribution in [0.1, 0.15) is 28.9 Å². The van der Waals surface area contributed by atoms with Crippen molar-refractivity contribution in [3.05, 3.63) is 59.8 Å². The van der Waals surface area contributed by atoms with E-state index in [0.29, 0.717) is 12.2 Å². The highest BCUT2D eigenvalue weighted by atomic mass is 16.2. The number of pyridine rings is 1. The molecule has 3 rings (SSSR count). The monoisotopic (exact) mass is 380 g/mol. The van der Waals surface area contributed by atoms with Gasteiger partial charge in [0.1, 0.15) is 11.5 Å². The predicted molar refractivity (Wildman–Crippen MR) is 110 cm³/mol. The molecular formula is C22H28N4O2. The molecule has 148 valence electrons. The highest BCUT2D eigenvalue weighted by Crippen LogP contribution is 2.22. The number of carbonyl (C=O) groups is 2. The summed E-state index contributed by atoms with van der Waals surface area (Å²) < 4.78 is 0. The van der Waals surface area contributed by atoms with Crippen LogP contribution in [-0.2, 0) is 11.2 Å². The van der Waals surface area contributed by atoms with Crippen molar-refractivity contribution in [2.45, 2.75) is 19.3 Å². The number of rotatable bonds is 6. The molecule has 0 atom stereocenters. The number of nitrogens with zero attached hydrogens (tertiary/aromatic N) is 3. The van der Waals surface area contributed by atoms with E-state index in [1.807, 2.05) is 30.3 Å². The van der Waals surface area contributed by atoms with Crippen molar-refractivity contribution in [3.8, 4) is 0 Å². The third kappa shape index (κ3) is 5.09. The maximum absolute atomic E-state index is 12.5. The van der Waals surface area contributed by atoms with E-state index in [4.69, 9.17) is 0 Å². The second kappa shape index (κ2) is 9.35. The summed E-state index contributed by atoms with van der Waals surface area (Å²) >= 11 is 0. The molecule has 0 saturated carbocycles. The Hall–Kier alpha value is -2.89. The van der Waals surface area contributed by atoms with Crippen LogP contribution in [0.5, 0.6) is 0 Å². The average Bonchev–Trinajstić information content (AvgIpc) is 2.74. The standard InChI is InChI=1S/C22H28N4O2/c1-25(2)22(28)19-9-6-10-20(24-19)26-15-12-18(13-16-26)21(27)23-14-11-17-7-4-3-5-8-17/h3-10,18H,11-16H2,1-2H3,(H,23,27). The first kappa shape index (κ1) is 19.9. The summed E-state index contributed by atoms with van der Waals surface area (Å²) in [5.74, 6) is 0.879. The van der Waals surface area contributed by atoms with E-state index in [0.717, 1.165) is 38.2 Å². The van der Waals surface area contributed by atoms with Crippen molar-refractivity contribution in [2.24, 2.45) is 5.92 Å². The molecule has 1 N–H and O–H groups in total. The van der Waals surface area contributed by atoms with Crippen LogP contribution < -0.4 is 10.2 Å². The molecule has 0 unspecified atom stereocenters. The fourth-order valence-electron chi connectivity index (χ4n) is 3.44. The van der Waals surface area contributed by atoms with Crippen LogP contribution in [0.4, 0.5) is 5.82 Å². The Morgan fingerprint density at radius 2 is 1.79 bits per heavy atom. The normalized spacial score (nSPS) is 14.6. The van der Waals surface area contributed by atoms with Crippen LogP contribution >= 0.6 is 0 Å². The number of nitrogens with one attached hydrogen (secondary N) is 1. The minimum absolute atomic E-state index is 0.0404. The van der Waals surface area contributed by atoms with E-state index in [-0.39, 0.29) is 17.7 Å². The zero-order chi connectivity index (χ0) is 19.9. The van der Waals surface area contributed by atoms with Gasteiger partial charge >= 0.3 is 0 Å². The lowest BCUT2D eigenvalue weighted by Gasteiger charge is -2.32. The Morgan fingerprint density at radius 1 is 1.07 bits per heavy atom. The quantitative estimate of drug-likeness (QED) is 0.836. The van der Waals surface area contributed by atoms with Gasteiger partial charge in [0.15, 0.2) is 0 Å². The number of benzene rings is 1. The van der Waals surface area contributed by atoms with Gasteiger partial charge in [-0.15, -0.1) is 0 Å². The van der Waals surface area contributed by atoms with Crippen molar-refractivity contribution in [1.82, 2.24) is 15.2 Å². The van der Waals surface area contributed by atoms with Crippen molar-refractivity contribution in [3.63, 3.8) is 0 Å². The van der Waals surface area contributed by atoms with E-state index in [2.05, 4.69) is 27.3 Å². The first-order chi connectivity index (χ1) is 13.5. The van der Waals surface area contributed by atoms with Crippen LogP contribution in [0.3, 0.4) is 0 Å². The Balaban J connectivity index is 1.48. The number of aromatic nitrogens is 1. The number of piperidine rings is 1. The van der Waals surface area contributed by atoms with Crippen LogP contribution in [0, 0.1) is 5.92 Å². The van der Waals surface area contributed by atoms with E-state index >= 15 is 0 Å². The molecule has 1 aromatic heterocycles. The number of amides is 2. The fourth-order valence-corrected chi connectivity index (χ4v) is 3.44. The van der Waals surface area contributed by atoms with Gasteiger partial charge < -0.3 is 15.1 Å². The van der Waals surface area contributed by atoms with Gasteiger partial charge in [-0.2, -0.15) is 0 Å². The molecule has 6 nitrogen and oxygen atoms in total. The SMILES string of the molecule is CN(C)C(=O)c1cccc(N2CCC(C(=O)NCCc3ccccc3)CC2)n1. The van der Waals surface area contributed by atoms with Crippen LogP contribution in [0.25, 0.3) is 0 Å². The zero-order valence-electron chi connectivity index (χ0n) is 16.6. The van der Waals surface area contributed by atoms with Gasteiger partial charge in [-0.3, -0.25) is 9.59 Å². The summed E-state index contributed by atoms with van der Waals surface area (Å²) in [6.45, 7) is 2.20. The molecule has 28 heavy (non-hydrogen) atoms. The highest BCUT2D eigenvalue weighted by Gasteiger charge is 2.25. The number of hydrogen-bond donors (Lipinski definition) is 1. The van der Waals surface area contributed by atoms with Gasteiger partial charge in [-0.25, -0.2) is 4.98 Å². The summed E-state index contributed by atoms with van der Waals surface area (Å²) in [5.41, 5.74) is 1.68. The smallest absolute Gasteiger partial charge is 0.272 e. The van der Waals surface area contributed by atoms with Crippen molar-refractivity contribution >= 4 is 17.6 Å². The third-order valence-corrected chi connectivity index (χ3v) is 5.11. The summed E-state index contributed by atoms with van der Waals surface area (Å²) in [7, 11) is 3.44. The minimum Gasteiger partial charge on any atom is -0.357 e. The summed E-state index contributed by atoms with van der Waals surface area (Å²) in [5, 5.41) is 3.07. The molecule has 0 radical (unpaired) electrons. The largest absolute Gasteiger partial charge is 0.357 e. The molecule has 6 heteroatoms. The van der Waals surface area contributed by atoms with E-state index in [9.17, 15) is 9.59 Å². The lowest BCUT2D eigenvalue weighted by atomic mass is 9.96. The second-order valence-electron chi connectivity index (χ2n) is 7.37. The molecule has 0 aliphatic carbocycles. The molecular weight excluding hydrogens is 352 g/mol. The maximum Gasteiger partial charge on any atom is 0.272 e. The highest BCUT2D eigenvalue weighted by molar-refractivity contribution is 5.92. The van der Waals surface area contributed by atoms with Crippen LogP contribution in [0.15, 0.2) is 48.5 Å². The predicted octanol–water partition coefficient (Wildman–Crippen LogP) is 2.36. The lowest BCUT2D eigenvalue weighted by Crippen LogP contribution is -2.41. The Labute approximate surface area is 166 Å². The van der Waals surface area contributed by atoms with Crippen molar-refractivity contribution in [2.75, 3.05) is 38.6 Å². The fraction of sp³-hybridized carbons (Fsp3) is 0.409. The molecule has 2 aromatic rings. The number of hydrogen-bond acceptors (Lipinski definition) is 4. The van der Waals surface area contributed by atoms with Gasteiger partial charge in [0.05, 0.1) is 0 Å². The summed E-state index contributed by atoms with van der Waals surface area (Å²) in [4.78, 5) is 32.8. The van der Waals surface area contributed by atoms with E-state index < -0.39 is 0 Å². The van der Waals surface area contributed by atoms with Crippen LogP contribution in [-0.4, -0.2) is 55.4 Å². The zero-order valence-corrected chi connectivity index (χ0v) is 16.6. The van der Waals surface area contributed by atoms with Gasteiger partial charge in [0.2, 0.25) is 5.91 Å². The summed E-state index contributed by atoms with van der Waals surface area (Å²) in [6.07, 6.45) is 2.44.